The summed E-state index contributed by atoms with van der Waals surface area (Å²) in [6.45, 7) is 0. The Morgan fingerprint density at radius 1 is 1.14 bits per heavy atom. The van der Waals surface area contributed by atoms with Crippen LogP contribution in [0.25, 0.3) is 0 Å². The van der Waals surface area contributed by atoms with Gasteiger partial charge in [-0.2, -0.15) is 8.42 Å². The smallest absolute Gasteiger partial charge is 0.332 e. The van der Waals surface area contributed by atoms with E-state index in [0.717, 1.165) is 17.7 Å². The SMILES string of the molecule is Nc1cccc(CC(=O)Nc2ccc(S(=O)(=O)F)cc2)c1. The Balaban J connectivity index is 2.03. The summed E-state index contributed by atoms with van der Waals surface area (Å²) in [6, 6.07) is 11.8. The lowest BCUT2D eigenvalue weighted by Gasteiger charge is -2.06. The van der Waals surface area contributed by atoms with Gasteiger partial charge in [0.05, 0.1) is 11.3 Å². The first-order valence-corrected chi connectivity index (χ1v) is 7.42. The van der Waals surface area contributed by atoms with Gasteiger partial charge in [0.2, 0.25) is 5.91 Å². The molecule has 2 rings (SSSR count). The zero-order valence-electron chi connectivity index (χ0n) is 10.9. The number of nitrogen functional groups attached to an aromatic ring is 1. The zero-order valence-corrected chi connectivity index (χ0v) is 11.7. The van der Waals surface area contributed by atoms with E-state index in [-0.39, 0.29) is 12.3 Å². The average Bonchev–Trinajstić information content (AvgIpc) is 2.38. The van der Waals surface area contributed by atoms with Gasteiger partial charge in [-0.25, -0.2) is 0 Å². The number of hydrogen-bond acceptors (Lipinski definition) is 4. The zero-order chi connectivity index (χ0) is 15.5. The van der Waals surface area contributed by atoms with Crippen LogP contribution in [-0.2, 0) is 21.4 Å². The third-order valence-electron chi connectivity index (χ3n) is 2.74. The molecule has 0 atom stereocenters. The minimum absolute atomic E-state index is 0.133. The van der Waals surface area contributed by atoms with E-state index in [4.69, 9.17) is 5.73 Å². The van der Waals surface area contributed by atoms with Crippen molar-refractivity contribution < 1.29 is 17.1 Å². The van der Waals surface area contributed by atoms with Gasteiger partial charge in [-0.05, 0) is 42.0 Å². The Kier molecular flexibility index (Phi) is 4.23. The number of benzene rings is 2. The highest BCUT2D eigenvalue weighted by atomic mass is 32.3. The van der Waals surface area contributed by atoms with Crippen LogP contribution in [0.1, 0.15) is 5.56 Å². The van der Waals surface area contributed by atoms with E-state index in [1.165, 1.54) is 12.1 Å². The van der Waals surface area contributed by atoms with Crippen LogP contribution in [0.5, 0.6) is 0 Å². The molecule has 0 aliphatic rings. The lowest BCUT2D eigenvalue weighted by Crippen LogP contribution is -2.14. The monoisotopic (exact) mass is 308 g/mol. The minimum atomic E-state index is -4.73. The molecule has 0 aliphatic carbocycles. The van der Waals surface area contributed by atoms with Crippen molar-refractivity contribution in [3.8, 4) is 0 Å². The van der Waals surface area contributed by atoms with Crippen LogP contribution in [0.15, 0.2) is 53.4 Å². The quantitative estimate of drug-likeness (QED) is 0.668. The molecule has 0 saturated heterocycles. The number of carbonyl (C=O) groups is 1. The summed E-state index contributed by atoms with van der Waals surface area (Å²) in [5, 5.41) is 2.59. The highest BCUT2D eigenvalue weighted by Gasteiger charge is 2.11. The van der Waals surface area contributed by atoms with Gasteiger partial charge in [0, 0.05) is 11.4 Å². The molecule has 3 N–H and O–H groups in total. The first-order chi connectivity index (χ1) is 9.84. The van der Waals surface area contributed by atoms with E-state index >= 15 is 0 Å². The highest BCUT2D eigenvalue weighted by Crippen LogP contribution is 2.16. The Bertz CT molecular complexity index is 758. The van der Waals surface area contributed by atoms with Gasteiger partial charge in [-0.1, -0.05) is 12.1 Å². The molecule has 0 unspecified atom stereocenters. The Morgan fingerprint density at radius 3 is 2.38 bits per heavy atom. The number of anilines is 2. The topological polar surface area (TPSA) is 89.3 Å². The number of nitrogens with two attached hydrogens (primary N) is 1. The van der Waals surface area contributed by atoms with Gasteiger partial charge in [-0.3, -0.25) is 4.79 Å². The van der Waals surface area contributed by atoms with Crippen molar-refractivity contribution in [2.75, 3.05) is 11.1 Å². The summed E-state index contributed by atoms with van der Waals surface area (Å²) in [5.74, 6) is -0.281. The van der Waals surface area contributed by atoms with Crippen LogP contribution in [0.3, 0.4) is 0 Å². The predicted molar refractivity (Wildman–Crippen MR) is 77.9 cm³/mol. The number of halogens is 1. The van der Waals surface area contributed by atoms with Crippen molar-refractivity contribution in [1.82, 2.24) is 0 Å². The van der Waals surface area contributed by atoms with E-state index in [1.54, 1.807) is 24.3 Å². The number of rotatable bonds is 4. The number of hydrogen-bond donors (Lipinski definition) is 2. The van der Waals surface area contributed by atoms with Crippen LogP contribution in [0, 0.1) is 0 Å². The third kappa shape index (κ3) is 4.28. The summed E-state index contributed by atoms with van der Waals surface area (Å²) >= 11 is 0. The predicted octanol–water partition coefficient (Wildman–Crippen LogP) is 2.11. The van der Waals surface area contributed by atoms with E-state index < -0.39 is 15.1 Å². The summed E-state index contributed by atoms with van der Waals surface area (Å²) in [6.07, 6.45) is 0.133. The molecule has 2 aromatic rings. The fraction of sp³-hybridized carbons (Fsp3) is 0.0714. The van der Waals surface area contributed by atoms with Gasteiger partial charge < -0.3 is 11.1 Å². The molecule has 0 fully saturated rings. The molecular weight excluding hydrogens is 295 g/mol. The first-order valence-electron chi connectivity index (χ1n) is 6.03. The fourth-order valence-corrected chi connectivity index (χ4v) is 2.26. The number of nitrogens with one attached hydrogen (secondary N) is 1. The second-order valence-electron chi connectivity index (χ2n) is 4.43. The Labute approximate surface area is 121 Å². The standard InChI is InChI=1S/C14H13FN2O3S/c15-21(19,20)13-6-4-12(5-7-13)17-14(18)9-10-2-1-3-11(16)8-10/h1-8H,9,16H2,(H,17,18). The Hall–Kier alpha value is -2.41. The van der Waals surface area contributed by atoms with E-state index in [1.807, 2.05) is 0 Å². The average molecular weight is 308 g/mol. The third-order valence-corrected chi connectivity index (χ3v) is 3.57. The molecule has 7 heteroatoms. The minimum Gasteiger partial charge on any atom is -0.399 e. The van der Waals surface area contributed by atoms with Gasteiger partial charge >= 0.3 is 10.2 Å². The molecule has 0 heterocycles. The van der Waals surface area contributed by atoms with Gasteiger partial charge in [0.1, 0.15) is 0 Å². The molecule has 0 saturated carbocycles. The van der Waals surface area contributed by atoms with Gasteiger partial charge in [0.25, 0.3) is 0 Å². The van der Waals surface area contributed by atoms with Crippen molar-refractivity contribution in [2.24, 2.45) is 0 Å². The Morgan fingerprint density at radius 2 is 1.81 bits per heavy atom. The molecule has 0 aromatic heterocycles. The van der Waals surface area contributed by atoms with Crippen molar-refractivity contribution in [3.63, 3.8) is 0 Å². The number of carbonyl (C=O) groups excluding carboxylic acids is 1. The highest BCUT2D eigenvalue weighted by molar-refractivity contribution is 7.86. The molecule has 2 aromatic carbocycles. The second kappa shape index (κ2) is 5.92. The molecule has 0 radical (unpaired) electrons. The van der Waals surface area contributed by atoms with Gasteiger partial charge in [-0.15, -0.1) is 3.89 Å². The molecule has 21 heavy (non-hydrogen) atoms. The maximum absolute atomic E-state index is 12.7. The van der Waals surface area contributed by atoms with Crippen LogP contribution in [-0.4, -0.2) is 14.3 Å². The van der Waals surface area contributed by atoms with Gasteiger partial charge in [0.15, 0.2) is 0 Å². The van der Waals surface area contributed by atoms with E-state index in [9.17, 15) is 17.1 Å². The van der Waals surface area contributed by atoms with Crippen LogP contribution >= 0.6 is 0 Å². The molecule has 5 nitrogen and oxygen atoms in total. The maximum atomic E-state index is 12.7. The lowest BCUT2D eigenvalue weighted by molar-refractivity contribution is -0.115. The van der Waals surface area contributed by atoms with Crippen molar-refractivity contribution in [1.29, 1.82) is 0 Å². The molecule has 0 bridgehead atoms. The molecule has 0 aliphatic heterocycles. The van der Waals surface area contributed by atoms with Crippen LogP contribution in [0.2, 0.25) is 0 Å². The maximum Gasteiger partial charge on any atom is 0.332 e. The molecular formula is C14H13FN2O3S. The summed E-state index contributed by atoms with van der Waals surface area (Å²) in [4.78, 5) is 11.4. The van der Waals surface area contributed by atoms with Crippen molar-refractivity contribution in [3.05, 3.63) is 54.1 Å². The first kappa shape index (κ1) is 15.0. The van der Waals surface area contributed by atoms with Crippen LogP contribution in [0.4, 0.5) is 15.3 Å². The summed E-state index contributed by atoms with van der Waals surface area (Å²) in [5.41, 5.74) is 7.33. The summed E-state index contributed by atoms with van der Waals surface area (Å²) < 4.78 is 34.1. The lowest BCUT2D eigenvalue weighted by atomic mass is 10.1. The van der Waals surface area contributed by atoms with Crippen molar-refractivity contribution >= 4 is 27.5 Å². The molecule has 0 spiro atoms. The van der Waals surface area contributed by atoms with Crippen molar-refractivity contribution in [2.45, 2.75) is 11.3 Å². The molecule has 1 amide bonds. The molecule has 110 valence electrons. The van der Waals surface area contributed by atoms with Crippen LogP contribution < -0.4 is 11.1 Å². The number of amides is 1. The summed E-state index contributed by atoms with van der Waals surface area (Å²) in [7, 11) is -4.73. The normalized spacial score (nSPS) is 11.1. The second-order valence-corrected chi connectivity index (χ2v) is 5.78. The van der Waals surface area contributed by atoms with E-state index in [0.29, 0.717) is 11.4 Å². The van der Waals surface area contributed by atoms with E-state index in [2.05, 4.69) is 5.32 Å². The fourth-order valence-electron chi connectivity index (χ4n) is 1.79. The largest absolute Gasteiger partial charge is 0.399 e.